The number of ether oxygens (including phenoxy) is 2. The van der Waals surface area contributed by atoms with Gasteiger partial charge in [0.15, 0.2) is 4.20 Å². The van der Waals surface area contributed by atoms with Crippen molar-refractivity contribution in [2.24, 2.45) is 0 Å². The maximum Gasteiger partial charge on any atom is 0.439 e. The second kappa shape index (κ2) is 12.8. The number of amides is 4. The van der Waals surface area contributed by atoms with Crippen LogP contribution in [0.15, 0.2) is 0 Å². The third kappa shape index (κ3) is 6.64. The summed E-state index contributed by atoms with van der Waals surface area (Å²) in [6, 6.07) is 0. The zero-order valence-electron chi connectivity index (χ0n) is 20.4. The van der Waals surface area contributed by atoms with Crippen LogP contribution in [0, 0.1) is 0 Å². The van der Waals surface area contributed by atoms with E-state index >= 15 is 0 Å². The first-order chi connectivity index (χ1) is 18.0. The fourth-order valence-corrected chi connectivity index (χ4v) is 14.4. The molecule has 4 rings (SSSR count). The highest BCUT2D eigenvalue weighted by Gasteiger charge is 2.66. The molecule has 4 heterocycles. The van der Waals surface area contributed by atoms with Crippen molar-refractivity contribution in [3.8, 4) is 0 Å². The summed E-state index contributed by atoms with van der Waals surface area (Å²) in [7, 11) is 5.70. The van der Waals surface area contributed by atoms with Crippen molar-refractivity contribution in [3.05, 3.63) is 0 Å². The molecule has 0 aromatic rings. The van der Waals surface area contributed by atoms with Crippen LogP contribution in [-0.4, -0.2) is 104 Å². The van der Waals surface area contributed by atoms with Gasteiger partial charge in [0.1, 0.15) is 0 Å². The average molecular weight is 685 g/mol. The summed E-state index contributed by atoms with van der Waals surface area (Å²) < 4.78 is 14.1. The highest BCUT2D eigenvalue weighted by Crippen LogP contribution is 2.58. The summed E-state index contributed by atoms with van der Waals surface area (Å²) in [6.07, 6.45) is -3.45. The lowest BCUT2D eigenvalue weighted by molar-refractivity contribution is -0.201. The number of hydrogen-bond donors (Lipinski definition) is 2. The standard InChI is InChI=1S/C16H24N6O8S8/c1-19-10(23)27-14(5-15(33-6-31-7-34-15)17-29-12(25)21(3)37-19)16(35-8-32-9-36-16)18-30-13(26)22(4)38-20(2)11(24)28-14/h17-18H,5-9H2,1-4H3. The molecule has 1 atom stereocenters. The molecule has 0 aromatic heterocycles. The fourth-order valence-electron chi connectivity index (χ4n) is 3.15. The minimum atomic E-state index is -2.07. The van der Waals surface area contributed by atoms with Gasteiger partial charge in [-0.2, -0.15) is 0 Å². The Hall–Kier alpha value is -0.200. The first-order valence-electron chi connectivity index (χ1n) is 10.4. The molecule has 0 aliphatic carbocycles. The van der Waals surface area contributed by atoms with Crippen molar-refractivity contribution in [1.29, 1.82) is 0 Å². The number of carbonyl (C=O) groups excluding carboxylic acids is 4. The van der Waals surface area contributed by atoms with Gasteiger partial charge in [0.25, 0.3) is 0 Å². The summed E-state index contributed by atoms with van der Waals surface area (Å²) in [5.41, 5.74) is 5.66. The lowest BCUT2D eigenvalue weighted by Crippen LogP contribution is -2.68. The molecule has 22 heteroatoms. The van der Waals surface area contributed by atoms with E-state index in [4.69, 9.17) is 19.1 Å². The van der Waals surface area contributed by atoms with Crippen LogP contribution >= 0.6 is 94.8 Å². The number of fused-ring (bicyclic) bond motifs is 1. The van der Waals surface area contributed by atoms with E-state index in [1.807, 2.05) is 0 Å². The summed E-state index contributed by atoms with van der Waals surface area (Å²) in [4.78, 5) is 63.3. The summed E-state index contributed by atoms with van der Waals surface area (Å²) >= 11 is 10.1. The number of nitrogens with one attached hydrogen (secondary N) is 2. The first kappa shape index (κ1) is 30.8. The van der Waals surface area contributed by atoms with Crippen molar-refractivity contribution in [1.82, 2.24) is 28.2 Å². The molecule has 4 fully saturated rings. The van der Waals surface area contributed by atoms with Gasteiger partial charge in [-0.05, 0) is 0 Å². The SMILES string of the molecule is CN1SN(C)C(=O)OC2(CC3(NOC1=O)SCSCS3)OC(=O)N(C)SN(C)C(=O)ONC21SCSCS1. The Balaban J connectivity index is 1.88. The minimum Gasteiger partial charge on any atom is -0.401 e. The van der Waals surface area contributed by atoms with Crippen LogP contribution < -0.4 is 11.0 Å². The fraction of sp³-hybridized carbons (Fsp3) is 0.750. The number of nitrogens with zero attached hydrogens (tertiary/aromatic N) is 4. The van der Waals surface area contributed by atoms with Gasteiger partial charge in [0, 0.05) is 48.5 Å². The third-order valence-electron chi connectivity index (χ3n) is 5.00. The normalized spacial score (nSPS) is 29.4. The van der Waals surface area contributed by atoms with E-state index in [2.05, 4.69) is 11.0 Å². The molecule has 4 aliphatic heterocycles. The Labute approximate surface area is 253 Å². The van der Waals surface area contributed by atoms with E-state index < -0.39 is 38.6 Å². The molecular weight excluding hydrogens is 661 g/mol. The Morgan fingerprint density at radius 3 is 1.55 bits per heavy atom. The smallest absolute Gasteiger partial charge is 0.401 e. The van der Waals surface area contributed by atoms with Crippen LogP contribution in [0.3, 0.4) is 0 Å². The first-order valence-corrected chi connectivity index (χ1v) is 18.2. The Bertz CT molecular complexity index is 944. The van der Waals surface area contributed by atoms with Crippen molar-refractivity contribution >= 4 is 119 Å². The molecule has 38 heavy (non-hydrogen) atoms. The van der Waals surface area contributed by atoms with Gasteiger partial charge in [-0.1, -0.05) is 0 Å². The Morgan fingerprint density at radius 1 is 0.632 bits per heavy atom. The molecule has 4 aliphatic rings. The molecule has 2 N–H and O–H groups in total. The van der Waals surface area contributed by atoms with Crippen LogP contribution in [-0.2, 0) is 19.1 Å². The second-order valence-corrected chi connectivity index (χ2v) is 19.0. The number of carbonyl (C=O) groups is 4. The predicted molar refractivity (Wildman–Crippen MR) is 156 cm³/mol. The maximum absolute atomic E-state index is 13.5. The van der Waals surface area contributed by atoms with E-state index in [-0.39, 0.29) is 6.42 Å². The number of rotatable bonds is 0. The summed E-state index contributed by atoms with van der Waals surface area (Å²) in [5, 5.41) is 2.25. The lowest BCUT2D eigenvalue weighted by atomic mass is 10.1. The zero-order valence-corrected chi connectivity index (χ0v) is 26.9. The van der Waals surface area contributed by atoms with Crippen LogP contribution in [0.5, 0.6) is 0 Å². The molecule has 0 bridgehead atoms. The summed E-state index contributed by atoms with van der Waals surface area (Å²) in [5.74, 6) is -2.07. The number of hydrogen-bond acceptors (Lipinski definition) is 18. The molecule has 0 saturated carbocycles. The largest absolute Gasteiger partial charge is 0.439 e. The van der Waals surface area contributed by atoms with Crippen molar-refractivity contribution in [2.45, 2.75) is 20.6 Å². The van der Waals surface area contributed by atoms with Crippen molar-refractivity contribution in [3.63, 3.8) is 0 Å². The van der Waals surface area contributed by atoms with Crippen molar-refractivity contribution < 1.29 is 38.3 Å². The molecule has 0 radical (unpaired) electrons. The molecule has 14 nitrogen and oxygen atoms in total. The zero-order chi connectivity index (χ0) is 27.6. The Morgan fingerprint density at radius 2 is 1.05 bits per heavy atom. The monoisotopic (exact) mass is 684 g/mol. The third-order valence-corrected chi connectivity index (χ3v) is 15.5. The minimum absolute atomic E-state index is 0.174. The maximum atomic E-state index is 13.5. The lowest BCUT2D eigenvalue weighted by Gasteiger charge is -2.51. The van der Waals surface area contributed by atoms with Crippen molar-refractivity contribution in [2.75, 3.05) is 48.5 Å². The van der Waals surface area contributed by atoms with Gasteiger partial charge < -0.3 is 19.1 Å². The van der Waals surface area contributed by atoms with Gasteiger partial charge in [-0.25, -0.2) is 36.4 Å². The van der Waals surface area contributed by atoms with Crippen LogP contribution in [0.1, 0.15) is 6.42 Å². The quantitative estimate of drug-likeness (QED) is 0.279. The topological polar surface area (TPSA) is 142 Å². The predicted octanol–water partition coefficient (Wildman–Crippen LogP) is 4.07. The molecule has 3 spiro atoms. The highest BCUT2D eigenvalue weighted by molar-refractivity contribution is 8.33. The summed E-state index contributed by atoms with van der Waals surface area (Å²) in [6.45, 7) is 0. The van der Waals surface area contributed by atoms with E-state index in [0.29, 0.717) is 20.3 Å². The number of thioether (sulfide) groups is 6. The highest BCUT2D eigenvalue weighted by atomic mass is 32.3. The molecule has 214 valence electrons. The average Bonchev–Trinajstić information content (AvgIpc) is 2.91. The molecule has 4 saturated heterocycles. The van der Waals surface area contributed by atoms with Gasteiger partial charge in [-0.15, -0.1) is 81.5 Å². The molecule has 1 unspecified atom stereocenters. The van der Waals surface area contributed by atoms with E-state index in [1.165, 1.54) is 75.2 Å². The van der Waals surface area contributed by atoms with E-state index in [0.717, 1.165) is 41.5 Å². The van der Waals surface area contributed by atoms with Gasteiger partial charge >= 0.3 is 30.2 Å². The van der Waals surface area contributed by atoms with Gasteiger partial charge in [-0.3, -0.25) is 0 Å². The van der Waals surface area contributed by atoms with Crippen LogP contribution in [0.4, 0.5) is 19.2 Å². The van der Waals surface area contributed by atoms with Crippen LogP contribution in [0.25, 0.3) is 0 Å². The van der Waals surface area contributed by atoms with E-state index in [9.17, 15) is 19.2 Å². The second-order valence-electron chi connectivity index (χ2n) is 7.59. The van der Waals surface area contributed by atoms with Gasteiger partial charge in [0.2, 0.25) is 4.20 Å². The van der Waals surface area contributed by atoms with Gasteiger partial charge in [0.05, 0.1) is 30.7 Å². The molecule has 4 amide bonds. The number of hydroxylamine groups is 2. The Kier molecular flexibility index (Phi) is 10.3. The molecule has 0 aromatic carbocycles. The molecular formula is C16H24N6O8S8. The van der Waals surface area contributed by atoms with E-state index in [1.54, 1.807) is 23.5 Å². The van der Waals surface area contributed by atoms with Crippen LogP contribution in [0.2, 0.25) is 0 Å².